The summed E-state index contributed by atoms with van der Waals surface area (Å²) >= 11 is 0. The number of nitrogens with one attached hydrogen (secondary N) is 2. The van der Waals surface area contributed by atoms with Crippen LogP contribution in [0, 0.1) is 5.92 Å². The quantitative estimate of drug-likeness (QED) is 0.406. The summed E-state index contributed by atoms with van der Waals surface area (Å²) in [5, 5.41) is 6.61. The lowest BCUT2D eigenvalue weighted by atomic mass is 10.2. The van der Waals surface area contributed by atoms with Crippen LogP contribution >= 0.6 is 0 Å². The lowest BCUT2D eigenvalue weighted by Gasteiger charge is -2.09. The van der Waals surface area contributed by atoms with Gasteiger partial charge in [0.05, 0.1) is 6.21 Å². The number of ether oxygens (including phenoxy) is 1. The monoisotopic (exact) mass is 367 g/mol. The number of amides is 2. The second-order valence-electron chi connectivity index (χ2n) is 6.48. The van der Waals surface area contributed by atoms with Crippen LogP contribution in [0.2, 0.25) is 0 Å². The second kappa shape index (κ2) is 10.8. The molecule has 0 saturated carbocycles. The third kappa shape index (κ3) is 7.73. The van der Waals surface area contributed by atoms with Crippen LogP contribution in [0.4, 0.5) is 0 Å². The molecule has 6 nitrogen and oxygen atoms in total. The molecule has 0 spiro atoms. The van der Waals surface area contributed by atoms with Crippen molar-refractivity contribution in [2.75, 3.05) is 6.54 Å². The first-order valence-electron chi connectivity index (χ1n) is 8.89. The molecule has 0 aliphatic carbocycles. The van der Waals surface area contributed by atoms with Gasteiger partial charge in [0, 0.05) is 12.1 Å². The van der Waals surface area contributed by atoms with Crippen molar-refractivity contribution >= 4 is 18.0 Å². The molecule has 0 unspecified atom stereocenters. The van der Waals surface area contributed by atoms with Gasteiger partial charge >= 0.3 is 0 Å². The Morgan fingerprint density at radius 1 is 1.04 bits per heavy atom. The second-order valence-corrected chi connectivity index (χ2v) is 6.48. The molecule has 0 aromatic heterocycles. The lowest BCUT2D eigenvalue weighted by molar-refractivity contribution is -0.129. The Labute approximate surface area is 159 Å². The summed E-state index contributed by atoms with van der Waals surface area (Å²) in [6.45, 7) is 4.96. The fraction of sp³-hybridized carbons (Fsp3) is 0.286. The predicted octanol–water partition coefficient (Wildman–Crippen LogP) is 2.88. The first-order valence-corrected chi connectivity index (χ1v) is 8.89. The zero-order valence-electron chi connectivity index (χ0n) is 15.6. The van der Waals surface area contributed by atoms with E-state index in [1.165, 1.54) is 6.21 Å². The number of carbonyl (C=O) groups excluding carboxylic acids is 2. The number of rotatable bonds is 9. The Balaban J connectivity index is 1.85. The topological polar surface area (TPSA) is 79.8 Å². The minimum absolute atomic E-state index is 0.254. The fourth-order valence-electron chi connectivity index (χ4n) is 2.19. The molecule has 27 heavy (non-hydrogen) atoms. The van der Waals surface area contributed by atoms with Gasteiger partial charge in [-0.25, -0.2) is 5.43 Å². The zero-order valence-corrected chi connectivity index (χ0v) is 15.6. The van der Waals surface area contributed by atoms with E-state index >= 15 is 0 Å². The molecule has 2 amide bonds. The Kier molecular flexibility index (Phi) is 8.03. The van der Waals surface area contributed by atoms with Crippen molar-refractivity contribution in [1.82, 2.24) is 10.7 Å². The molecule has 6 heteroatoms. The molecule has 2 aromatic carbocycles. The van der Waals surface area contributed by atoms with Gasteiger partial charge in [0.25, 0.3) is 0 Å². The largest absolute Gasteiger partial charge is 0.488 e. The summed E-state index contributed by atoms with van der Waals surface area (Å²) in [4.78, 5) is 23.4. The molecule has 0 bridgehead atoms. The molecule has 2 N–H and O–H groups in total. The highest BCUT2D eigenvalue weighted by molar-refractivity contribution is 5.97. The van der Waals surface area contributed by atoms with Crippen molar-refractivity contribution in [2.45, 2.75) is 26.9 Å². The van der Waals surface area contributed by atoms with Gasteiger partial charge in [-0.05, 0) is 23.6 Å². The molecule has 2 aromatic rings. The van der Waals surface area contributed by atoms with E-state index < -0.39 is 5.91 Å². The number of hydrazone groups is 1. The lowest BCUT2D eigenvalue weighted by Crippen LogP contribution is -2.32. The van der Waals surface area contributed by atoms with Crippen molar-refractivity contribution in [3.63, 3.8) is 0 Å². The van der Waals surface area contributed by atoms with E-state index in [1.54, 1.807) is 0 Å². The molecule has 0 aliphatic rings. The maximum atomic E-state index is 11.8. The summed E-state index contributed by atoms with van der Waals surface area (Å²) in [5.41, 5.74) is 4.16. The Morgan fingerprint density at radius 2 is 1.74 bits per heavy atom. The highest BCUT2D eigenvalue weighted by atomic mass is 16.5. The predicted molar refractivity (Wildman–Crippen MR) is 105 cm³/mol. The maximum absolute atomic E-state index is 11.8. The first-order chi connectivity index (χ1) is 13.0. The van der Waals surface area contributed by atoms with Crippen molar-refractivity contribution < 1.29 is 14.3 Å². The summed E-state index contributed by atoms with van der Waals surface area (Å²) in [7, 11) is 0. The number of nitrogens with zero attached hydrogens (tertiary/aromatic N) is 1. The van der Waals surface area contributed by atoms with E-state index in [4.69, 9.17) is 4.74 Å². The average Bonchev–Trinajstić information content (AvgIpc) is 2.66. The fourth-order valence-corrected chi connectivity index (χ4v) is 2.19. The molecular formula is C21H25N3O3. The van der Waals surface area contributed by atoms with Crippen LogP contribution in [0.15, 0.2) is 59.7 Å². The van der Waals surface area contributed by atoms with Crippen LogP contribution in [0.1, 0.15) is 31.4 Å². The van der Waals surface area contributed by atoms with Crippen LogP contribution in [0.25, 0.3) is 0 Å². The highest BCUT2D eigenvalue weighted by Gasteiger charge is 2.08. The third-order valence-electron chi connectivity index (χ3n) is 3.58. The maximum Gasteiger partial charge on any atom is 0.249 e. The van der Waals surface area contributed by atoms with Gasteiger partial charge in [0.15, 0.2) is 0 Å². The van der Waals surface area contributed by atoms with E-state index in [0.29, 0.717) is 24.8 Å². The highest BCUT2D eigenvalue weighted by Crippen LogP contribution is 2.17. The van der Waals surface area contributed by atoms with E-state index in [-0.39, 0.29) is 12.3 Å². The SMILES string of the molecule is CC(C)CNC(=O)CC(=O)N/N=C/c1ccccc1OCc1ccccc1. The molecule has 0 saturated heterocycles. The molecule has 142 valence electrons. The molecule has 0 aliphatic heterocycles. The third-order valence-corrected chi connectivity index (χ3v) is 3.58. The Bertz CT molecular complexity index is 773. The van der Waals surface area contributed by atoms with Crippen LogP contribution in [-0.4, -0.2) is 24.6 Å². The van der Waals surface area contributed by atoms with Gasteiger partial charge in [-0.2, -0.15) is 5.10 Å². The number of para-hydroxylation sites is 1. The Morgan fingerprint density at radius 3 is 2.48 bits per heavy atom. The molecular weight excluding hydrogens is 342 g/mol. The number of hydrogen-bond donors (Lipinski definition) is 2. The Hall–Kier alpha value is -3.15. The summed E-state index contributed by atoms with van der Waals surface area (Å²) in [6, 6.07) is 17.3. The summed E-state index contributed by atoms with van der Waals surface area (Å²) < 4.78 is 5.83. The molecule has 2 rings (SSSR count). The van der Waals surface area contributed by atoms with Crippen LogP contribution in [0.5, 0.6) is 5.75 Å². The van der Waals surface area contributed by atoms with Gasteiger partial charge in [0.1, 0.15) is 18.8 Å². The normalized spacial score (nSPS) is 10.8. The number of benzene rings is 2. The van der Waals surface area contributed by atoms with Crippen LogP contribution in [-0.2, 0) is 16.2 Å². The van der Waals surface area contributed by atoms with Crippen molar-refractivity contribution in [3.05, 3.63) is 65.7 Å². The van der Waals surface area contributed by atoms with E-state index in [9.17, 15) is 9.59 Å². The van der Waals surface area contributed by atoms with E-state index in [0.717, 1.165) is 11.1 Å². The standard InChI is InChI=1S/C21H25N3O3/c1-16(2)13-22-20(25)12-21(26)24-23-14-18-10-6-7-11-19(18)27-15-17-8-4-3-5-9-17/h3-11,14,16H,12-13,15H2,1-2H3,(H,22,25)(H,24,26)/b23-14+. The molecule has 0 atom stereocenters. The van der Waals surface area contributed by atoms with Gasteiger partial charge in [-0.3, -0.25) is 9.59 Å². The first kappa shape index (κ1) is 20.2. The van der Waals surface area contributed by atoms with Crippen molar-refractivity contribution in [1.29, 1.82) is 0 Å². The zero-order chi connectivity index (χ0) is 19.5. The van der Waals surface area contributed by atoms with E-state index in [2.05, 4.69) is 15.8 Å². The smallest absolute Gasteiger partial charge is 0.249 e. The van der Waals surface area contributed by atoms with Gasteiger partial charge < -0.3 is 10.1 Å². The van der Waals surface area contributed by atoms with Gasteiger partial charge in [-0.15, -0.1) is 0 Å². The van der Waals surface area contributed by atoms with Crippen molar-refractivity contribution in [3.8, 4) is 5.75 Å². The summed E-state index contributed by atoms with van der Waals surface area (Å²) in [6.07, 6.45) is 1.25. The molecule has 0 heterocycles. The number of carbonyl (C=O) groups is 2. The van der Waals surface area contributed by atoms with Crippen LogP contribution in [0.3, 0.4) is 0 Å². The van der Waals surface area contributed by atoms with Crippen LogP contribution < -0.4 is 15.5 Å². The molecule has 0 fully saturated rings. The molecule has 0 radical (unpaired) electrons. The van der Waals surface area contributed by atoms with E-state index in [1.807, 2.05) is 68.4 Å². The van der Waals surface area contributed by atoms with Gasteiger partial charge in [-0.1, -0.05) is 56.3 Å². The van der Waals surface area contributed by atoms with Crippen molar-refractivity contribution in [2.24, 2.45) is 11.0 Å². The average molecular weight is 367 g/mol. The number of hydrogen-bond acceptors (Lipinski definition) is 4. The minimum atomic E-state index is -0.463. The van der Waals surface area contributed by atoms with Gasteiger partial charge in [0.2, 0.25) is 11.8 Å². The minimum Gasteiger partial charge on any atom is -0.488 e. The summed E-state index contributed by atoms with van der Waals surface area (Å²) in [5.74, 6) is 0.217.